The van der Waals surface area contributed by atoms with Crippen molar-refractivity contribution in [2.24, 2.45) is 5.92 Å². The number of alkyl carbamates (subject to hydrolysis) is 1. The molecule has 1 fully saturated rings. The molecule has 0 heterocycles. The minimum atomic E-state index is -1.23. The van der Waals surface area contributed by atoms with Crippen LogP contribution < -0.4 is 10.6 Å². The van der Waals surface area contributed by atoms with E-state index in [2.05, 4.69) is 10.6 Å². The summed E-state index contributed by atoms with van der Waals surface area (Å²) < 4.78 is 10.7. The van der Waals surface area contributed by atoms with Crippen molar-refractivity contribution in [3.8, 4) is 0 Å². The quantitative estimate of drug-likeness (QED) is 0.184. The smallest absolute Gasteiger partial charge is 0.407 e. The van der Waals surface area contributed by atoms with Crippen molar-refractivity contribution in [3.05, 3.63) is 35.9 Å². The third kappa shape index (κ3) is 13.8. The predicted octanol–water partition coefficient (Wildman–Crippen LogP) is 4.13. The van der Waals surface area contributed by atoms with Crippen LogP contribution in [0, 0.1) is 5.92 Å². The van der Waals surface area contributed by atoms with Gasteiger partial charge in [0.05, 0.1) is 25.2 Å². The van der Waals surface area contributed by atoms with Gasteiger partial charge >= 0.3 is 18.0 Å². The molecule has 1 aromatic carbocycles. The normalized spacial score (nSPS) is 16.3. The number of benzene rings is 1. The number of aliphatic hydroxyl groups is 1. The Morgan fingerprint density at radius 1 is 1.02 bits per heavy atom. The van der Waals surface area contributed by atoms with Crippen LogP contribution in [-0.2, 0) is 30.3 Å². The third-order valence-electron chi connectivity index (χ3n) is 6.84. The van der Waals surface area contributed by atoms with Crippen LogP contribution >= 0.6 is 0 Å². The molecule has 224 valence electrons. The van der Waals surface area contributed by atoms with Crippen LogP contribution in [0.4, 0.5) is 4.79 Å². The van der Waals surface area contributed by atoms with Gasteiger partial charge in [0.1, 0.15) is 11.6 Å². The molecule has 1 aliphatic carbocycles. The van der Waals surface area contributed by atoms with Gasteiger partial charge in [0.2, 0.25) is 5.91 Å². The highest BCUT2D eigenvalue weighted by Crippen LogP contribution is 2.28. The van der Waals surface area contributed by atoms with E-state index in [9.17, 15) is 24.3 Å². The molecular weight excluding hydrogens is 516 g/mol. The fourth-order valence-corrected chi connectivity index (χ4v) is 4.85. The third-order valence-corrected chi connectivity index (χ3v) is 6.84. The van der Waals surface area contributed by atoms with E-state index in [1.165, 1.54) is 0 Å². The number of amides is 2. The van der Waals surface area contributed by atoms with Gasteiger partial charge in [0, 0.05) is 6.42 Å². The van der Waals surface area contributed by atoms with E-state index in [1.807, 2.05) is 30.3 Å². The highest BCUT2D eigenvalue weighted by atomic mass is 16.6. The van der Waals surface area contributed by atoms with Gasteiger partial charge in [-0.3, -0.25) is 9.59 Å². The highest BCUT2D eigenvalue weighted by Gasteiger charge is 2.31. The zero-order chi connectivity index (χ0) is 29.5. The second-order valence-electron chi connectivity index (χ2n) is 11.6. The van der Waals surface area contributed by atoms with Crippen molar-refractivity contribution in [1.82, 2.24) is 10.6 Å². The molecule has 0 saturated heterocycles. The van der Waals surface area contributed by atoms with E-state index in [0.29, 0.717) is 25.2 Å². The van der Waals surface area contributed by atoms with E-state index in [0.717, 1.165) is 37.7 Å². The molecule has 1 aromatic rings. The summed E-state index contributed by atoms with van der Waals surface area (Å²) in [6.07, 6.45) is 4.32. The Morgan fingerprint density at radius 2 is 1.70 bits per heavy atom. The maximum absolute atomic E-state index is 12.9. The first-order chi connectivity index (χ1) is 18.9. The number of hydrogen-bond donors (Lipinski definition) is 4. The van der Waals surface area contributed by atoms with Gasteiger partial charge in [-0.1, -0.05) is 62.4 Å². The number of aliphatic carboxylic acids is 1. The minimum absolute atomic E-state index is 0.124. The fourth-order valence-electron chi connectivity index (χ4n) is 4.85. The van der Waals surface area contributed by atoms with Crippen molar-refractivity contribution in [2.75, 3.05) is 6.61 Å². The maximum atomic E-state index is 12.9. The van der Waals surface area contributed by atoms with Gasteiger partial charge in [-0.25, -0.2) is 9.59 Å². The van der Waals surface area contributed by atoms with Gasteiger partial charge in [0.15, 0.2) is 0 Å². The first-order valence-electron chi connectivity index (χ1n) is 14.3. The Labute approximate surface area is 237 Å². The highest BCUT2D eigenvalue weighted by molar-refractivity contribution is 5.85. The summed E-state index contributed by atoms with van der Waals surface area (Å²) >= 11 is 0. The van der Waals surface area contributed by atoms with E-state index >= 15 is 0 Å². The molecule has 10 nitrogen and oxygen atoms in total. The molecule has 1 saturated carbocycles. The van der Waals surface area contributed by atoms with Crippen LogP contribution in [0.25, 0.3) is 0 Å². The number of carboxylic acid groups (broad SMARTS) is 1. The average Bonchev–Trinajstić information content (AvgIpc) is 2.88. The maximum Gasteiger partial charge on any atom is 0.407 e. The predicted molar refractivity (Wildman–Crippen MR) is 149 cm³/mol. The molecule has 2 rings (SSSR count). The summed E-state index contributed by atoms with van der Waals surface area (Å²) in [5, 5.41) is 25.3. The van der Waals surface area contributed by atoms with Crippen LogP contribution in [0.3, 0.4) is 0 Å². The first kappa shape index (κ1) is 33.1. The Bertz CT molecular complexity index is 941. The lowest BCUT2D eigenvalue weighted by Gasteiger charge is -2.31. The van der Waals surface area contributed by atoms with Crippen LogP contribution in [0.1, 0.15) is 90.5 Å². The Balaban J connectivity index is 1.96. The number of carbonyl (C=O) groups is 4. The molecular formula is C30H46N2O8. The van der Waals surface area contributed by atoms with Gasteiger partial charge in [-0.15, -0.1) is 0 Å². The molecule has 10 heteroatoms. The molecule has 1 aliphatic rings. The SMILES string of the molecule is CC(C)(C)OC(=O)N[C@@H](CC1CCCCC1)[C@@H](O)CC(=O)N[C@@H](CCC(=O)O)C(=O)OCCCc1ccccc1. The lowest BCUT2D eigenvalue weighted by atomic mass is 9.83. The number of nitrogens with one attached hydrogen (secondary N) is 2. The van der Waals surface area contributed by atoms with Crippen molar-refractivity contribution in [3.63, 3.8) is 0 Å². The van der Waals surface area contributed by atoms with Gasteiger partial charge < -0.3 is 30.3 Å². The molecule has 3 atom stereocenters. The number of rotatable bonds is 15. The Morgan fingerprint density at radius 3 is 2.33 bits per heavy atom. The second-order valence-corrected chi connectivity index (χ2v) is 11.6. The van der Waals surface area contributed by atoms with Crippen LogP contribution in [0.15, 0.2) is 30.3 Å². The number of aryl methyl sites for hydroxylation is 1. The zero-order valence-electron chi connectivity index (χ0n) is 24.0. The van der Waals surface area contributed by atoms with Crippen molar-refractivity contribution >= 4 is 23.9 Å². The number of ether oxygens (including phenoxy) is 2. The molecule has 0 bridgehead atoms. The summed E-state index contributed by atoms with van der Waals surface area (Å²) in [6, 6.07) is 7.84. The van der Waals surface area contributed by atoms with Crippen LogP contribution in [-0.4, -0.2) is 64.5 Å². The topological polar surface area (TPSA) is 151 Å². The van der Waals surface area contributed by atoms with Gasteiger partial charge in [-0.2, -0.15) is 0 Å². The summed E-state index contributed by atoms with van der Waals surface area (Å²) in [6.45, 7) is 5.35. The van der Waals surface area contributed by atoms with Gasteiger partial charge in [0.25, 0.3) is 0 Å². The molecule has 0 aliphatic heterocycles. The largest absolute Gasteiger partial charge is 0.481 e. The average molecular weight is 563 g/mol. The lowest BCUT2D eigenvalue weighted by molar-refractivity contribution is -0.149. The molecule has 4 N–H and O–H groups in total. The number of esters is 1. The summed E-state index contributed by atoms with van der Waals surface area (Å²) in [5.41, 5.74) is 0.381. The zero-order valence-corrected chi connectivity index (χ0v) is 24.0. The molecule has 0 spiro atoms. The molecule has 2 amide bonds. The van der Waals surface area contributed by atoms with Crippen LogP contribution in [0.2, 0.25) is 0 Å². The molecule has 0 radical (unpaired) electrons. The van der Waals surface area contributed by atoms with Crippen molar-refractivity contribution in [2.45, 2.75) is 115 Å². The van der Waals surface area contributed by atoms with E-state index in [4.69, 9.17) is 14.6 Å². The molecule has 0 aromatic heterocycles. The fraction of sp³-hybridized carbons (Fsp3) is 0.667. The van der Waals surface area contributed by atoms with Crippen LogP contribution in [0.5, 0.6) is 0 Å². The standard InChI is InChI=1S/C30H46N2O8/c1-30(2,3)40-29(38)32-24(19-22-13-8-5-9-14-22)25(33)20-26(34)31-23(16-17-27(35)36)28(37)39-18-10-15-21-11-6-4-7-12-21/h4,6-7,11-12,22-25,33H,5,8-10,13-20H2,1-3H3,(H,31,34)(H,32,38)(H,35,36)/t23-,24-,25-/m0/s1. The summed E-state index contributed by atoms with van der Waals surface area (Å²) in [5.74, 6) is -2.16. The monoisotopic (exact) mass is 562 g/mol. The van der Waals surface area contributed by atoms with E-state index in [1.54, 1.807) is 20.8 Å². The molecule has 0 unspecified atom stereocenters. The number of carbonyl (C=O) groups excluding carboxylic acids is 3. The molecule has 40 heavy (non-hydrogen) atoms. The minimum Gasteiger partial charge on any atom is -0.481 e. The Kier molecular flexibility index (Phi) is 13.9. The number of hydrogen-bond acceptors (Lipinski definition) is 7. The second kappa shape index (κ2) is 16.8. The lowest BCUT2D eigenvalue weighted by Crippen LogP contribution is -2.49. The van der Waals surface area contributed by atoms with Gasteiger partial charge in [-0.05, 0) is 57.9 Å². The first-order valence-corrected chi connectivity index (χ1v) is 14.3. The number of carboxylic acids is 1. The Hall–Kier alpha value is -3.14. The van der Waals surface area contributed by atoms with E-state index in [-0.39, 0.29) is 25.9 Å². The summed E-state index contributed by atoms with van der Waals surface area (Å²) in [7, 11) is 0. The van der Waals surface area contributed by atoms with Crippen molar-refractivity contribution < 1.29 is 38.9 Å². The van der Waals surface area contributed by atoms with E-state index < -0.39 is 47.7 Å². The number of aliphatic hydroxyl groups excluding tert-OH is 1. The summed E-state index contributed by atoms with van der Waals surface area (Å²) in [4.78, 5) is 49.2. The van der Waals surface area contributed by atoms with Crippen molar-refractivity contribution in [1.29, 1.82) is 0 Å².